The summed E-state index contributed by atoms with van der Waals surface area (Å²) in [5.74, 6) is -0.255. The van der Waals surface area contributed by atoms with Crippen molar-refractivity contribution in [1.29, 1.82) is 0 Å². The number of methoxy groups -OCH3 is 2. The molecule has 0 radical (unpaired) electrons. The molecule has 1 N–H and O–H groups in total. The number of benzene rings is 1. The van der Waals surface area contributed by atoms with Gasteiger partial charge in [0, 0.05) is 6.08 Å². The molecule has 1 fully saturated rings. The molecule has 0 unspecified atom stereocenters. The van der Waals surface area contributed by atoms with Crippen LogP contribution in [0.1, 0.15) is 5.56 Å². The molecule has 22 heavy (non-hydrogen) atoms. The molecule has 0 bridgehead atoms. The first-order valence-electron chi connectivity index (χ1n) is 6.16. The highest BCUT2D eigenvalue weighted by Gasteiger charge is 2.24. The molecule has 1 aliphatic rings. The van der Waals surface area contributed by atoms with Gasteiger partial charge in [-0.1, -0.05) is 0 Å². The van der Waals surface area contributed by atoms with Crippen LogP contribution in [0.5, 0.6) is 5.75 Å². The molecular weight excluding hydrogens is 306 g/mol. The lowest BCUT2D eigenvalue weighted by Gasteiger charge is -1.97. The summed E-state index contributed by atoms with van der Waals surface area (Å²) in [6.07, 6.45) is 2.65. The summed E-state index contributed by atoms with van der Waals surface area (Å²) in [6, 6.07) is 7.26. The minimum absolute atomic E-state index is 0.213. The van der Waals surface area contributed by atoms with E-state index in [-0.39, 0.29) is 4.91 Å². The number of nitrogens with zero attached hydrogens (tertiary/aromatic N) is 2. The van der Waals surface area contributed by atoms with Gasteiger partial charge in [-0.15, -0.1) is 5.10 Å². The van der Waals surface area contributed by atoms with Gasteiger partial charge in [-0.25, -0.2) is 4.79 Å². The van der Waals surface area contributed by atoms with Crippen LogP contribution in [0, 0.1) is 0 Å². The molecule has 1 aliphatic heterocycles. The fourth-order valence-corrected chi connectivity index (χ4v) is 2.22. The molecule has 1 saturated heterocycles. The molecule has 114 valence electrons. The molecule has 0 spiro atoms. The van der Waals surface area contributed by atoms with Crippen LogP contribution in [-0.4, -0.2) is 37.5 Å². The molecule has 8 heteroatoms. The Balaban J connectivity index is 2.01. The van der Waals surface area contributed by atoms with E-state index >= 15 is 0 Å². The van der Waals surface area contributed by atoms with Crippen molar-refractivity contribution in [2.75, 3.05) is 14.2 Å². The van der Waals surface area contributed by atoms with Gasteiger partial charge in [0.1, 0.15) is 5.75 Å². The van der Waals surface area contributed by atoms with Crippen LogP contribution < -0.4 is 10.1 Å². The fraction of sp³-hybridized carbons (Fsp3) is 0.143. The third-order valence-electron chi connectivity index (χ3n) is 2.57. The second-order valence-corrected chi connectivity index (χ2v) is 5.04. The van der Waals surface area contributed by atoms with Crippen molar-refractivity contribution in [2.24, 2.45) is 10.2 Å². The Bertz CT molecular complexity index is 665. The Morgan fingerprint density at radius 1 is 1.27 bits per heavy atom. The predicted octanol–water partition coefficient (Wildman–Crippen LogP) is 1.30. The molecule has 0 aromatic heterocycles. The van der Waals surface area contributed by atoms with Gasteiger partial charge in [-0.2, -0.15) is 5.10 Å². The van der Waals surface area contributed by atoms with Gasteiger partial charge >= 0.3 is 5.97 Å². The van der Waals surface area contributed by atoms with Gasteiger partial charge in [-0.05, 0) is 41.6 Å². The zero-order valence-corrected chi connectivity index (χ0v) is 12.7. The number of carbonyl (C=O) groups is 2. The summed E-state index contributed by atoms with van der Waals surface area (Å²) in [5, 5.41) is 10.6. The molecule has 2 rings (SSSR count). The largest absolute Gasteiger partial charge is 0.497 e. The topological polar surface area (TPSA) is 89.3 Å². The summed E-state index contributed by atoms with van der Waals surface area (Å²) in [5.41, 5.74) is 0.838. The Kier molecular flexibility index (Phi) is 5.31. The minimum Gasteiger partial charge on any atom is -0.497 e. The number of amides is 1. The summed E-state index contributed by atoms with van der Waals surface area (Å²) in [7, 11) is 2.83. The SMILES string of the molecule is COC(=O)/C=C1/S/C(=N/N=C/c2ccc(OC)cc2)NC1=O. The lowest BCUT2D eigenvalue weighted by atomic mass is 10.2. The van der Waals surface area contributed by atoms with Crippen molar-refractivity contribution in [1.82, 2.24) is 5.32 Å². The summed E-state index contributed by atoms with van der Waals surface area (Å²) >= 11 is 1.02. The number of ether oxygens (including phenoxy) is 2. The first kappa shape index (κ1) is 15.8. The standard InChI is InChI=1S/C14H13N3O4S/c1-20-10-5-3-9(4-6-10)8-15-17-14-16-13(19)11(22-14)7-12(18)21-2/h3-8H,1-2H3,(H,16,17,19)/b11-7+,15-8+. The van der Waals surface area contributed by atoms with Gasteiger partial charge in [0.25, 0.3) is 5.91 Å². The normalized spacial score (nSPS) is 18.0. The first-order chi connectivity index (χ1) is 10.6. The van der Waals surface area contributed by atoms with Crippen LogP contribution in [0.2, 0.25) is 0 Å². The van der Waals surface area contributed by atoms with Gasteiger partial charge in [0.15, 0.2) is 5.17 Å². The van der Waals surface area contributed by atoms with Crippen LogP contribution in [-0.2, 0) is 14.3 Å². The molecule has 1 aromatic carbocycles. The fourth-order valence-electron chi connectivity index (χ4n) is 1.48. The number of hydrogen-bond acceptors (Lipinski definition) is 7. The zero-order chi connectivity index (χ0) is 15.9. The van der Waals surface area contributed by atoms with E-state index in [1.165, 1.54) is 7.11 Å². The van der Waals surface area contributed by atoms with E-state index in [0.717, 1.165) is 29.2 Å². The number of amidine groups is 1. The van der Waals surface area contributed by atoms with E-state index in [2.05, 4.69) is 20.3 Å². The van der Waals surface area contributed by atoms with Gasteiger partial charge in [0.2, 0.25) is 0 Å². The number of thioether (sulfide) groups is 1. The predicted molar refractivity (Wildman–Crippen MR) is 83.9 cm³/mol. The Labute approximate surface area is 131 Å². The second kappa shape index (κ2) is 7.41. The summed E-state index contributed by atoms with van der Waals surface area (Å²) in [6.45, 7) is 0. The van der Waals surface area contributed by atoms with Crippen LogP contribution in [0.15, 0.2) is 45.4 Å². The maximum absolute atomic E-state index is 11.6. The Morgan fingerprint density at radius 2 is 2.00 bits per heavy atom. The molecule has 1 heterocycles. The van der Waals surface area contributed by atoms with Crippen molar-refractivity contribution in [2.45, 2.75) is 0 Å². The molecule has 7 nitrogen and oxygen atoms in total. The zero-order valence-electron chi connectivity index (χ0n) is 11.9. The molecular formula is C14H13N3O4S. The average molecular weight is 319 g/mol. The van der Waals surface area contributed by atoms with Crippen molar-refractivity contribution in [3.63, 3.8) is 0 Å². The molecule has 0 aliphatic carbocycles. The number of hydrogen-bond donors (Lipinski definition) is 1. The monoisotopic (exact) mass is 319 g/mol. The van der Waals surface area contributed by atoms with E-state index < -0.39 is 11.9 Å². The Morgan fingerprint density at radius 3 is 2.64 bits per heavy atom. The van der Waals surface area contributed by atoms with Gasteiger partial charge < -0.3 is 9.47 Å². The molecule has 0 atom stereocenters. The van der Waals surface area contributed by atoms with Crippen molar-refractivity contribution >= 4 is 35.0 Å². The molecule has 1 aromatic rings. The van der Waals surface area contributed by atoms with E-state index in [4.69, 9.17) is 4.74 Å². The lowest BCUT2D eigenvalue weighted by Crippen LogP contribution is -2.19. The highest BCUT2D eigenvalue weighted by molar-refractivity contribution is 8.18. The number of carbonyl (C=O) groups excluding carboxylic acids is 2. The van der Waals surface area contributed by atoms with Crippen LogP contribution in [0.4, 0.5) is 0 Å². The van der Waals surface area contributed by atoms with Crippen LogP contribution in [0.3, 0.4) is 0 Å². The number of rotatable bonds is 4. The highest BCUT2D eigenvalue weighted by Crippen LogP contribution is 2.23. The average Bonchev–Trinajstić information content (AvgIpc) is 2.87. The smallest absolute Gasteiger partial charge is 0.331 e. The van der Waals surface area contributed by atoms with Crippen molar-refractivity contribution in [3.05, 3.63) is 40.8 Å². The van der Waals surface area contributed by atoms with Crippen molar-refractivity contribution in [3.8, 4) is 5.75 Å². The van der Waals surface area contributed by atoms with Gasteiger partial charge in [0.05, 0.1) is 25.3 Å². The first-order valence-corrected chi connectivity index (χ1v) is 6.98. The third-order valence-corrected chi connectivity index (χ3v) is 3.47. The quantitative estimate of drug-likeness (QED) is 0.391. The van der Waals surface area contributed by atoms with Gasteiger partial charge in [-0.3, -0.25) is 10.1 Å². The number of nitrogens with one attached hydrogen (secondary N) is 1. The third kappa shape index (κ3) is 4.19. The van der Waals surface area contributed by atoms with Crippen LogP contribution >= 0.6 is 11.8 Å². The minimum atomic E-state index is -0.597. The summed E-state index contributed by atoms with van der Waals surface area (Å²) in [4.78, 5) is 22.9. The van der Waals surface area contributed by atoms with Crippen molar-refractivity contribution < 1.29 is 19.1 Å². The second-order valence-electron chi connectivity index (χ2n) is 4.01. The lowest BCUT2D eigenvalue weighted by molar-refractivity contribution is -0.135. The summed E-state index contributed by atoms with van der Waals surface area (Å²) < 4.78 is 9.52. The van der Waals surface area contributed by atoms with Crippen LogP contribution in [0.25, 0.3) is 0 Å². The maximum atomic E-state index is 11.6. The molecule has 1 amide bonds. The maximum Gasteiger partial charge on any atom is 0.331 e. The van der Waals surface area contributed by atoms with E-state index in [1.54, 1.807) is 25.5 Å². The highest BCUT2D eigenvalue weighted by atomic mass is 32.2. The van der Waals surface area contributed by atoms with E-state index in [9.17, 15) is 9.59 Å². The molecule has 0 saturated carbocycles. The Hall–Kier alpha value is -2.61. The van der Waals surface area contributed by atoms with E-state index in [1.807, 2.05) is 12.1 Å². The number of esters is 1. The van der Waals surface area contributed by atoms with E-state index in [0.29, 0.717) is 5.17 Å².